The first-order valence-electron chi connectivity index (χ1n) is 7.97. The van der Waals surface area contributed by atoms with Crippen LogP contribution in [0.4, 0.5) is 16.3 Å². The molecule has 1 fully saturated rings. The maximum atomic E-state index is 12.2. The van der Waals surface area contributed by atoms with Gasteiger partial charge in [-0.05, 0) is 24.3 Å². The van der Waals surface area contributed by atoms with Crippen LogP contribution in [0.25, 0.3) is 0 Å². The third kappa shape index (κ3) is 3.57. The van der Waals surface area contributed by atoms with E-state index < -0.39 is 12.2 Å². The molecule has 8 nitrogen and oxygen atoms in total. The summed E-state index contributed by atoms with van der Waals surface area (Å²) < 4.78 is 6.92. The molecule has 3 rings (SSSR count). The number of aromatic nitrogens is 2. The first-order chi connectivity index (χ1) is 12.0. The molecule has 1 aromatic heterocycles. The summed E-state index contributed by atoms with van der Waals surface area (Å²) in [5.74, 6) is 0.471. The number of rotatable bonds is 5. The average Bonchev–Trinajstić information content (AvgIpc) is 3.17. The van der Waals surface area contributed by atoms with Crippen molar-refractivity contribution in [3.8, 4) is 0 Å². The summed E-state index contributed by atoms with van der Waals surface area (Å²) >= 11 is 0. The Balaban J connectivity index is 1.56. The van der Waals surface area contributed by atoms with Crippen LogP contribution in [0.3, 0.4) is 0 Å². The second kappa shape index (κ2) is 6.84. The molecule has 2 aromatic rings. The van der Waals surface area contributed by atoms with E-state index in [2.05, 4.69) is 10.4 Å². The number of aryl methyl sites for hydroxylation is 1. The summed E-state index contributed by atoms with van der Waals surface area (Å²) in [5, 5.41) is 6.86. The number of nitrogens with one attached hydrogen (secondary N) is 1. The van der Waals surface area contributed by atoms with Crippen LogP contribution in [-0.2, 0) is 11.8 Å². The lowest BCUT2D eigenvalue weighted by Gasteiger charge is -2.14. The average molecular weight is 343 g/mol. The summed E-state index contributed by atoms with van der Waals surface area (Å²) in [6, 6.07) is 9.05. The standard InChI is InChI=1S/C17H21N5O3/c1-20(2)13-6-4-12(5-7-13)16(23)18-10-14-11-22(17(24)25-14)15-8-9-19-21(15)3/h4-9,14H,10-11H2,1-3H3,(H,18,23). The number of anilines is 2. The fourth-order valence-corrected chi connectivity index (χ4v) is 2.67. The minimum Gasteiger partial charge on any atom is -0.442 e. The Kier molecular flexibility index (Phi) is 4.60. The lowest BCUT2D eigenvalue weighted by molar-refractivity contribution is 0.0916. The van der Waals surface area contributed by atoms with Gasteiger partial charge < -0.3 is 15.0 Å². The fraction of sp³-hybridized carbons (Fsp3) is 0.353. The lowest BCUT2D eigenvalue weighted by Crippen LogP contribution is -2.34. The monoisotopic (exact) mass is 343 g/mol. The zero-order chi connectivity index (χ0) is 18.0. The molecule has 25 heavy (non-hydrogen) atoms. The van der Waals surface area contributed by atoms with Gasteiger partial charge in [0, 0.05) is 38.5 Å². The third-order valence-corrected chi connectivity index (χ3v) is 4.08. The van der Waals surface area contributed by atoms with Crippen molar-refractivity contribution in [1.29, 1.82) is 0 Å². The highest BCUT2D eigenvalue weighted by atomic mass is 16.6. The molecule has 0 aliphatic carbocycles. The number of nitrogens with zero attached hydrogens (tertiary/aromatic N) is 4. The SMILES string of the molecule is CN(C)c1ccc(C(=O)NCC2CN(c3ccnn3C)C(=O)O2)cc1. The van der Waals surface area contributed by atoms with Crippen molar-refractivity contribution < 1.29 is 14.3 Å². The van der Waals surface area contributed by atoms with Gasteiger partial charge in [0.05, 0.1) is 19.3 Å². The van der Waals surface area contributed by atoms with Gasteiger partial charge in [0.2, 0.25) is 0 Å². The molecule has 8 heteroatoms. The van der Waals surface area contributed by atoms with Crippen LogP contribution >= 0.6 is 0 Å². The molecule has 132 valence electrons. The molecule has 0 bridgehead atoms. The van der Waals surface area contributed by atoms with E-state index in [1.807, 2.05) is 31.1 Å². The number of carbonyl (C=O) groups is 2. The normalized spacial score (nSPS) is 16.7. The van der Waals surface area contributed by atoms with Gasteiger partial charge in [0.15, 0.2) is 0 Å². The highest BCUT2D eigenvalue weighted by Gasteiger charge is 2.33. The highest BCUT2D eigenvalue weighted by Crippen LogP contribution is 2.20. The third-order valence-electron chi connectivity index (χ3n) is 4.08. The Labute approximate surface area is 146 Å². The van der Waals surface area contributed by atoms with E-state index in [1.54, 1.807) is 36.1 Å². The molecular formula is C17H21N5O3. The van der Waals surface area contributed by atoms with Crippen molar-refractivity contribution in [2.75, 3.05) is 37.0 Å². The maximum absolute atomic E-state index is 12.2. The highest BCUT2D eigenvalue weighted by molar-refractivity contribution is 5.94. The van der Waals surface area contributed by atoms with Crippen molar-refractivity contribution >= 4 is 23.5 Å². The van der Waals surface area contributed by atoms with Crippen LogP contribution in [0.1, 0.15) is 10.4 Å². The molecule has 1 atom stereocenters. The molecule has 1 aliphatic rings. The Hall–Kier alpha value is -3.03. The first-order valence-corrected chi connectivity index (χ1v) is 7.97. The molecule has 0 radical (unpaired) electrons. The zero-order valence-corrected chi connectivity index (χ0v) is 14.5. The maximum Gasteiger partial charge on any atom is 0.416 e. The van der Waals surface area contributed by atoms with E-state index in [-0.39, 0.29) is 12.5 Å². The van der Waals surface area contributed by atoms with Crippen LogP contribution in [0.5, 0.6) is 0 Å². The molecular weight excluding hydrogens is 322 g/mol. The predicted octanol–water partition coefficient (Wildman–Crippen LogP) is 1.24. The minimum atomic E-state index is -0.432. The van der Waals surface area contributed by atoms with Gasteiger partial charge in [-0.1, -0.05) is 0 Å². The number of cyclic esters (lactones) is 1. The summed E-state index contributed by atoms with van der Waals surface area (Å²) in [4.78, 5) is 27.7. The summed E-state index contributed by atoms with van der Waals surface area (Å²) in [7, 11) is 5.64. The van der Waals surface area contributed by atoms with Gasteiger partial charge in [0.25, 0.3) is 5.91 Å². The van der Waals surface area contributed by atoms with Crippen LogP contribution < -0.4 is 15.1 Å². The molecule has 0 spiro atoms. The topological polar surface area (TPSA) is 79.7 Å². The van der Waals surface area contributed by atoms with Crippen molar-refractivity contribution in [3.63, 3.8) is 0 Å². The largest absolute Gasteiger partial charge is 0.442 e. The second-order valence-corrected chi connectivity index (χ2v) is 6.08. The molecule has 1 aromatic carbocycles. The lowest BCUT2D eigenvalue weighted by atomic mass is 10.2. The Morgan fingerprint density at radius 2 is 2.04 bits per heavy atom. The van der Waals surface area contributed by atoms with E-state index >= 15 is 0 Å². The van der Waals surface area contributed by atoms with E-state index in [9.17, 15) is 9.59 Å². The van der Waals surface area contributed by atoms with E-state index in [1.165, 1.54) is 4.90 Å². The van der Waals surface area contributed by atoms with E-state index in [4.69, 9.17) is 4.74 Å². The van der Waals surface area contributed by atoms with Crippen LogP contribution in [0.15, 0.2) is 36.5 Å². The van der Waals surface area contributed by atoms with Gasteiger partial charge in [-0.3, -0.25) is 14.4 Å². The fourth-order valence-electron chi connectivity index (χ4n) is 2.67. The molecule has 0 saturated carbocycles. The number of carbonyl (C=O) groups excluding carboxylic acids is 2. The predicted molar refractivity (Wildman–Crippen MR) is 93.9 cm³/mol. The summed E-state index contributed by atoms with van der Waals surface area (Å²) in [6.45, 7) is 0.632. The minimum absolute atomic E-state index is 0.194. The van der Waals surface area contributed by atoms with E-state index in [0.717, 1.165) is 5.69 Å². The molecule has 1 unspecified atom stereocenters. The first kappa shape index (κ1) is 16.8. The van der Waals surface area contributed by atoms with Gasteiger partial charge in [-0.15, -0.1) is 0 Å². The van der Waals surface area contributed by atoms with Crippen molar-refractivity contribution in [2.45, 2.75) is 6.10 Å². The number of hydrogen-bond acceptors (Lipinski definition) is 5. The second-order valence-electron chi connectivity index (χ2n) is 6.08. The Morgan fingerprint density at radius 1 is 1.32 bits per heavy atom. The number of ether oxygens (including phenoxy) is 1. The molecule has 2 heterocycles. The van der Waals surface area contributed by atoms with Crippen LogP contribution in [-0.4, -0.2) is 55.1 Å². The summed E-state index contributed by atoms with van der Waals surface area (Å²) in [5.41, 5.74) is 1.59. The van der Waals surface area contributed by atoms with E-state index in [0.29, 0.717) is 17.9 Å². The Bertz CT molecular complexity index is 769. The summed E-state index contributed by atoms with van der Waals surface area (Å²) in [6.07, 6.45) is 0.792. The zero-order valence-electron chi connectivity index (χ0n) is 14.5. The van der Waals surface area contributed by atoms with Gasteiger partial charge in [-0.25, -0.2) is 4.79 Å². The Morgan fingerprint density at radius 3 is 2.64 bits per heavy atom. The van der Waals surface area contributed by atoms with Crippen molar-refractivity contribution in [2.24, 2.45) is 7.05 Å². The number of benzene rings is 1. The van der Waals surface area contributed by atoms with Gasteiger partial charge in [0.1, 0.15) is 11.9 Å². The number of amides is 2. The quantitative estimate of drug-likeness (QED) is 0.884. The molecule has 2 amide bonds. The molecule has 1 saturated heterocycles. The van der Waals surface area contributed by atoms with Gasteiger partial charge in [-0.2, -0.15) is 5.10 Å². The van der Waals surface area contributed by atoms with Crippen molar-refractivity contribution in [1.82, 2.24) is 15.1 Å². The van der Waals surface area contributed by atoms with Crippen molar-refractivity contribution in [3.05, 3.63) is 42.1 Å². The molecule has 1 N–H and O–H groups in total. The van der Waals surface area contributed by atoms with Gasteiger partial charge >= 0.3 is 6.09 Å². The smallest absolute Gasteiger partial charge is 0.416 e. The number of hydrogen-bond donors (Lipinski definition) is 1. The molecule has 1 aliphatic heterocycles. The van der Waals surface area contributed by atoms with Crippen LogP contribution in [0, 0.1) is 0 Å². The van der Waals surface area contributed by atoms with Crippen LogP contribution in [0.2, 0.25) is 0 Å².